The maximum absolute atomic E-state index is 12.4. The van der Waals surface area contributed by atoms with Crippen LogP contribution in [0.2, 0.25) is 0 Å². The molecular weight excluding hydrogens is 294 g/mol. The second-order valence-corrected chi connectivity index (χ2v) is 7.04. The Balaban J connectivity index is 2.03. The van der Waals surface area contributed by atoms with Gasteiger partial charge in [-0.3, -0.25) is 9.48 Å². The predicted octanol–water partition coefficient (Wildman–Crippen LogP) is 1.54. The Kier molecular flexibility index (Phi) is 4.97. The molecule has 3 amide bonds. The molecule has 23 heavy (non-hydrogen) atoms. The Labute approximate surface area is 137 Å². The van der Waals surface area contributed by atoms with E-state index in [0.29, 0.717) is 26.1 Å². The van der Waals surface area contributed by atoms with Crippen LogP contribution in [0.3, 0.4) is 0 Å². The first-order valence-corrected chi connectivity index (χ1v) is 8.07. The van der Waals surface area contributed by atoms with Crippen molar-refractivity contribution in [3.63, 3.8) is 0 Å². The minimum atomic E-state index is -0.142. The third-order valence-electron chi connectivity index (χ3n) is 4.03. The number of hydrogen-bond acceptors (Lipinski definition) is 3. The Hall–Kier alpha value is -2.05. The van der Waals surface area contributed by atoms with Gasteiger partial charge in [0.15, 0.2) is 0 Å². The van der Waals surface area contributed by atoms with Crippen LogP contribution in [0.15, 0.2) is 6.20 Å². The zero-order valence-corrected chi connectivity index (χ0v) is 14.6. The van der Waals surface area contributed by atoms with E-state index in [1.165, 1.54) is 0 Å². The summed E-state index contributed by atoms with van der Waals surface area (Å²) in [5, 5.41) is 10.3. The Bertz CT molecular complexity index is 588. The van der Waals surface area contributed by atoms with Crippen LogP contribution in [0.5, 0.6) is 0 Å². The van der Waals surface area contributed by atoms with Crippen LogP contribution in [0, 0.1) is 6.92 Å². The molecule has 0 aromatic carbocycles. The molecule has 1 aliphatic heterocycles. The van der Waals surface area contributed by atoms with Crippen molar-refractivity contribution in [3.05, 3.63) is 17.5 Å². The third kappa shape index (κ3) is 4.24. The van der Waals surface area contributed by atoms with Crippen molar-refractivity contribution in [2.45, 2.75) is 52.6 Å². The van der Waals surface area contributed by atoms with Gasteiger partial charge in [0.2, 0.25) is 5.91 Å². The Morgan fingerprint density at radius 2 is 2.09 bits per heavy atom. The van der Waals surface area contributed by atoms with Crippen molar-refractivity contribution >= 4 is 11.9 Å². The topological polar surface area (TPSA) is 79.3 Å². The quantitative estimate of drug-likeness (QED) is 0.867. The molecule has 1 saturated heterocycles. The second-order valence-electron chi connectivity index (χ2n) is 7.04. The van der Waals surface area contributed by atoms with Crippen LogP contribution in [-0.2, 0) is 10.3 Å². The van der Waals surface area contributed by atoms with Crippen LogP contribution in [0.1, 0.15) is 51.4 Å². The lowest BCUT2D eigenvalue weighted by atomic mass is 10.1. The van der Waals surface area contributed by atoms with Crippen LogP contribution in [-0.4, -0.2) is 46.3 Å². The van der Waals surface area contributed by atoms with E-state index >= 15 is 0 Å². The van der Waals surface area contributed by atoms with Gasteiger partial charge >= 0.3 is 6.03 Å². The molecule has 0 saturated carbocycles. The van der Waals surface area contributed by atoms with Crippen LogP contribution in [0.25, 0.3) is 0 Å². The molecule has 128 valence electrons. The second kappa shape index (κ2) is 6.60. The summed E-state index contributed by atoms with van der Waals surface area (Å²) in [5.41, 5.74) is 1.83. The van der Waals surface area contributed by atoms with Gasteiger partial charge in [-0.1, -0.05) is 0 Å². The molecule has 7 nitrogen and oxygen atoms in total. The first kappa shape index (κ1) is 17.3. The summed E-state index contributed by atoms with van der Waals surface area (Å²) in [6.45, 7) is 11.7. The zero-order valence-electron chi connectivity index (χ0n) is 14.6. The van der Waals surface area contributed by atoms with Gasteiger partial charge < -0.3 is 15.5 Å². The van der Waals surface area contributed by atoms with Crippen LogP contribution >= 0.6 is 0 Å². The number of nitrogens with zero attached hydrogens (tertiary/aromatic N) is 3. The number of aromatic nitrogens is 2. The summed E-state index contributed by atoms with van der Waals surface area (Å²) < 4.78 is 1.93. The van der Waals surface area contributed by atoms with Gasteiger partial charge in [0.1, 0.15) is 0 Å². The molecule has 2 heterocycles. The van der Waals surface area contributed by atoms with E-state index in [1.807, 2.05) is 24.7 Å². The largest absolute Gasteiger partial charge is 0.354 e. The van der Waals surface area contributed by atoms with Crippen molar-refractivity contribution < 1.29 is 9.59 Å². The molecule has 0 unspecified atom stereocenters. The molecule has 0 aliphatic carbocycles. The van der Waals surface area contributed by atoms with Crippen molar-refractivity contribution in [3.8, 4) is 0 Å². The highest BCUT2D eigenvalue weighted by Crippen LogP contribution is 2.21. The minimum Gasteiger partial charge on any atom is -0.354 e. The van der Waals surface area contributed by atoms with Gasteiger partial charge in [-0.2, -0.15) is 5.10 Å². The Morgan fingerprint density at radius 1 is 1.39 bits per heavy atom. The van der Waals surface area contributed by atoms with Crippen molar-refractivity contribution in [1.29, 1.82) is 0 Å². The molecule has 0 spiro atoms. The van der Waals surface area contributed by atoms with E-state index in [0.717, 1.165) is 11.3 Å². The van der Waals surface area contributed by atoms with Gasteiger partial charge in [-0.15, -0.1) is 0 Å². The fraction of sp³-hybridized carbons (Fsp3) is 0.688. The highest BCUT2D eigenvalue weighted by molar-refractivity contribution is 5.79. The molecule has 1 aromatic heterocycles. The first-order valence-electron chi connectivity index (χ1n) is 8.07. The van der Waals surface area contributed by atoms with Gasteiger partial charge in [0.25, 0.3) is 0 Å². The molecule has 2 rings (SSSR count). The molecule has 7 heteroatoms. The minimum absolute atomic E-state index is 0.00403. The number of carbonyl (C=O) groups excluding carboxylic acids is 2. The molecule has 0 bridgehead atoms. The van der Waals surface area contributed by atoms with Crippen molar-refractivity contribution in [2.75, 3.05) is 19.6 Å². The average molecular weight is 321 g/mol. The highest BCUT2D eigenvalue weighted by Gasteiger charge is 2.23. The molecule has 1 atom stereocenters. The third-order valence-corrected chi connectivity index (χ3v) is 4.03. The number of rotatable bonds is 2. The van der Waals surface area contributed by atoms with Crippen LogP contribution < -0.4 is 10.6 Å². The van der Waals surface area contributed by atoms with E-state index in [-0.39, 0.29) is 23.5 Å². The lowest BCUT2D eigenvalue weighted by Gasteiger charge is -2.23. The fourth-order valence-corrected chi connectivity index (χ4v) is 2.57. The number of amides is 3. The summed E-state index contributed by atoms with van der Waals surface area (Å²) in [6, 6.07) is -0.276. The molecule has 1 fully saturated rings. The normalized spacial score (nSPS) is 17.4. The summed E-state index contributed by atoms with van der Waals surface area (Å²) in [4.78, 5) is 25.4. The maximum Gasteiger partial charge on any atom is 0.317 e. The van der Waals surface area contributed by atoms with Crippen molar-refractivity contribution in [2.24, 2.45) is 0 Å². The van der Waals surface area contributed by atoms with Gasteiger partial charge in [-0.25, -0.2) is 4.79 Å². The van der Waals surface area contributed by atoms with Crippen molar-refractivity contribution in [1.82, 2.24) is 25.3 Å². The number of aryl methyl sites for hydroxylation is 1. The molecular formula is C16H27N5O2. The van der Waals surface area contributed by atoms with E-state index in [9.17, 15) is 9.59 Å². The van der Waals surface area contributed by atoms with E-state index in [1.54, 1.807) is 4.90 Å². The maximum atomic E-state index is 12.4. The number of carbonyl (C=O) groups is 2. The standard InChI is InChI=1S/C16H27N5O2/c1-11(13-10-21(16(3,4)5)19-12(13)2)18-15(23)20-8-6-14(22)17-7-9-20/h10-11H,6-9H2,1-5H3,(H,17,22)(H,18,23)/t11-/m1/s1. The lowest BCUT2D eigenvalue weighted by Crippen LogP contribution is -2.42. The SMILES string of the molecule is Cc1nn(C(C)(C)C)cc1[C@@H](C)NC(=O)N1CCNC(=O)CC1. The molecule has 1 aliphatic rings. The number of hydrogen-bond donors (Lipinski definition) is 2. The molecule has 0 radical (unpaired) electrons. The first-order chi connectivity index (χ1) is 10.7. The summed E-state index contributed by atoms with van der Waals surface area (Å²) >= 11 is 0. The summed E-state index contributed by atoms with van der Waals surface area (Å²) in [5.74, 6) is -0.00403. The monoisotopic (exact) mass is 321 g/mol. The highest BCUT2D eigenvalue weighted by atomic mass is 16.2. The average Bonchev–Trinajstić information content (AvgIpc) is 2.71. The van der Waals surface area contributed by atoms with Gasteiger partial charge in [0.05, 0.1) is 17.3 Å². The summed E-state index contributed by atoms with van der Waals surface area (Å²) in [7, 11) is 0. The Morgan fingerprint density at radius 3 is 2.70 bits per heavy atom. The van der Waals surface area contributed by atoms with Gasteiger partial charge in [-0.05, 0) is 34.6 Å². The smallest absolute Gasteiger partial charge is 0.317 e. The fourth-order valence-electron chi connectivity index (χ4n) is 2.57. The lowest BCUT2D eigenvalue weighted by molar-refractivity contribution is -0.120. The summed E-state index contributed by atoms with van der Waals surface area (Å²) in [6.07, 6.45) is 2.34. The predicted molar refractivity (Wildman–Crippen MR) is 88.1 cm³/mol. The zero-order chi connectivity index (χ0) is 17.2. The number of urea groups is 1. The molecule has 2 N–H and O–H groups in total. The van der Waals surface area contributed by atoms with Crippen LogP contribution in [0.4, 0.5) is 4.79 Å². The number of nitrogens with one attached hydrogen (secondary N) is 2. The van der Waals surface area contributed by atoms with E-state index in [4.69, 9.17) is 0 Å². The molecule has 1 aromatic rings. The van der Waals surface area contributed by atoms with E-state index in [2.05, 4.69) is 36.5 Å². The van der Waals surface area contributed by atoms with Gasteiger partial charge in [0, 0.05) is 37.8 Å². The van der Waals surface area contributed by atoms with E-state index < -0.39 is 0 Å².